The average Bonchev–Trinajstić information content (AvgIpc) is 3.61. The molecule has 2 aliphatic rings. The van der Waals surface area contributed by atoms with Gasteiger partial charge in [0.05, 0.1) is 17.8 Å². The highest BCUT2D eigenvalue weighted by Gasteiger charge is 2.46. The van der Waals surface area contributed by atoms with Crippen LogP contribution in [-0.2, 0) is 14.4 Å². The van der Waals surface area contributed by atoms with Crippen LogP contribution in [0.3, 0.4) is 0 Å². The van der Waals surface area contributed by atoms with E-state index in [2.05, 4.69) is 10.6 Å². The highest BCUT2D eigenvalue weighted by Crippen LogP contribution is 2.50. The van der Waals surface area contributed by atoms with Crippen molar-refractivity contribution in [2.45, 2.75) is 64.0 Å². The number of benzene rings is 1. The third-order valence-corrected chi connectivity index (χ3v) is 6.40. The van der Waals surface area contributed by atoms with E-state index in [9.17, 15) is 18.8 Å². The fraction of sp³-hybridized carbons (Fsp3) is 0.591. The molecule has 1 aromatic rings. The van der Waals surface area contributed by atoms with Gasteiger partial charge in [-0.3, -0.25) is 9.59 Å². The van der Waals surface area contributed by atoms with Crippen molar-refractivity contribution in [1.82, 2.24) is 5.32 Å². The number of carbonyl (C=O) groups excluding carboxylic acids is 3. The highest BCUT2D eigenvalue weighted by molar-refractivity contribution is 6.59. The van der Waals surface area contributed by atoms with Crippen LogP contribution in [0.2, 0.25) is 0 Å². The summed E-state index contributed by atoms with van der Waals surface area (Å²) in [5, 5.41) is 5.33. The largest absolute Gasteiger partial charge is 0.347 e. The Labute approximate surface area is 178 Å². The first-order valence-corrected chi connectivity index (χ1v) is 10.9. The van der Waals surface area contributed by atoms with Gasteiger partial charge in [-0.2, -0.15) is 0 Å². The summed E-state index contributed by atoms with van der Waals surface area (Å²) in [5.41, 5.74) is 6.69. The van der Waals surface area contributed by atoms with Crippen molar-refractivity contribution < 1.29 is 18.8 Å². The number of rotatable bonds is 10. The first kappa shape index (κ1) is 22.5. The van der Waals surface area contributed by atoms with E-state index in [4.69, 9.17) is 5.73 Å². The lowest BCUT2D eigenvalue weighted by Gasteiger charge is -2.25. The van der Waals surface area contributed by atoms with E-state index < -0.39 is 23.8 Å². The van der Waals surface area contributed by atoms with Crippen molar-refractivity contribution in [3.8, 4) is 0 Å². The second-order valence-corrected chi connectivity index (χ2v) is 8.80. The number of carbonyl (C=O) groups is 3. The van der Waals surface area contributed by atoms with Gasteiger partial charge in [0.15, 0.2) is 7.85 Å². The molecule has 162 valence electrons. The van der Waals surface area contributed by atoms with Gasteiger partial charge in [-0.15, -0.1) is 0 Å². The summed E-state index contributed by atoms with van der Waals surface area (Å²) >= 11 is 0. The molecule has 3 rings (SSSR count). The number of nitrogens with one attached hydrogen (secondary N) is 2. The number of halogens is 1. The molecular formula is C22H31BFN3O3. The van der Waals surface area contributed by atoms with Crippen LogP contribution in [0.25, 0.3) is 0 Å². The first-order chi connectivity index (χ1) is 14.2. The van der Waals surface area contributed by atoms with Crippen molar-refractivity contribution in [3.63, 3.8) is 0 Å². The lowest BCUT2D eigenvalue weighted by molar-refractivity contribution is -0.125. The molecule has 30 heavy (non-hydrogen) atoms. The summed E-state index contributed by atoms with van der Waals surface area (Å²) in [6, 6.07) is 3.10. The van der Waals surface area contributed by atoms with E-state index in [0.717, 1.165) is 25.7 Å². The quantitative estimate of drug-likeness (QED) is 0.506. The van der Waals surface area contributed by atoms with Gasteiger partial charge in [0, 0.05) is 12.3 Å². The molecule has 0 aromatic heterocycles. The van der Waals surface area contributed by atoms with Crippen molar-refractivity contribution in [1.29, 1.82) is 0 Å². The van der Waals surface area contributed by atoms with Crippen LogP contribution in [0.5, 0.6) is 0 Å². The minimum Gasteiger partial charge on any atom is -0.347 e. The molecule has 8 heteroatoms. The van der Waals surface area contributed by atoms with Crippen molar-refractivity contribution in [3.05, 3.63) is 29.6 Å². The Hall–Kier alpha value is -2.22. The Morgan fingerprint density at radius 2 is 1.80 bits per heavy atom. The Bertz CT molecular complexity index is 814. The number of hydrogen-bond donors (Lipinski definition) is 3. The molecule has 2 saturated carbocycles. The van der Waals surface area contributed by atoms with E-state index in [0.29, 0.717) is 17.4 Å². The zero-order valence-corrected chi connectivity index (χ0v) is 17.9. The monoisotopic (exact) mass is 415 g/mol. The predicted octanol–water partition coefficient (Wildman–Crippen LogP) is 1.69. The van der Waals surface area contributed by atoms with E-state index in [1.54, 1.807) is 19.9 Å². The lowest BCUT2D eigenvalue weighted by Crippen LogP contribution is -2.44. The fourth-order valence-electron chi connectivity index (χ4n) is 4.29. The van der Waals surface area contributed by atoms with E-state index in [1.807, 2.05) is 0 Å². The van der Waals surface area contributed by atoms with Gasteiger partial charge in [-0.25, -0.2) is 4.39 Å². The van der Waals surface area contributed by atoms with Crippen LogP contribution in [0, 0.1) is 23.6 Å². The minimum atomic E-state index is -0.733. The molecular weight excluding hydrogens is 384 g/mol. The molecule has 0 heterocycles. The number of hydrogen-bond acceptors (Lipinski definition) is 4. The molecule has 4 N–H and O–H groups in total. The van der Waals surface area contributed by atoms with Crippen molar-refractivity contribution >= 4 is 31.0 Å². The summed E-state index contributed by atoms with van der Waals surface area (Å²) in [5.74, 6) is -0.351. The van der Waals surface area contributed by atoms with E-state index in [-0.39, 0.29) is 35.5 Å². The highest BCUT2D eigenvalue weighted by atomic mass is 19.1. The molecule has 0 saturated heterocycles. The van der Waals surface area contributed by atoms with Gasteiger partial charge in [-0.1, -0.05) is 19.9 Å². The molecule has 3 atom stereocenters. The number of amides is 2. The SMILES string of the molecule is BC(=O)[C@H](NC(=O)CC)[C@@H](C)c1ccc(NC(=O)[C@H](N)C(C2CC2)C2CC2)c(F)c1. The summed E-state index contributed by atoms with van der Waals surface area (Å²) in [6.45, 7) is 3.47. The standard InChI is InChI=1S/C22H31BFN3O3/c1-3-17(28)27-20(21(23)29)11(2)14-8-9-16(15(24)10-14)26-22(30)19(25)18(12-4-5-12)13-6-7-13/h8-13,18-20H,3-7,23,25H2,1-2H3,(H,26,30)(H,27,28)/t11-,19+,20+/m0/s1. The molecule has 2 fully saturated rings. The zero-order valence-electron chi connectivity index (χ0n) is 17.9. The van der Waals surface area contributed by atoms with E-state index in [1.165, 1.54) is 20.0 Å². The summed E-state index contributed by atoms with van der Waals surface area (Å²) in [6.07, 6.45) is 4.74. The second kappa shape index (κ2) is 9.29. The molecule has 0 spiro atoms. The van der Waals surface area contributed by atoms with Gasteiger partial charge < -0.3 is 21.2 Å². The molecule has 2 amide bonds. The maximum atomic E-state index is 14.7. The molecule has 0 bridgehead atoms. The molecule has 0 unspecified atom stereocenters. The predicted molar refractivity (Wildman–Crippen MR) is 116 cm³/mol. The van der Waals surface area contributed by atoms with Crippen molar-refractivity contribution in [2.24, 2.45) is 23.5 Å². The van der Waals surface area contributed by atoms with Crippen LogP contribution >= 0.6 is 0 Å². The maximum absolute atomic E-state index is 14.7. The van der Waals surface area contributed by atoms with Crippen molar-refractivity contribution in [2.75, 3.05) is 5.32 Å². The molecule has 1 aromatic carbocycles. The average molecular weight is 415 g/mol. The van der Waals surface area contributed by atoms with Crippen LogP contribution in [0.15, 0.2) is 18.2 Å². The van der Waals surface area contributed by atoms with Crippen LogP contribution in [-0.4, -0.2) is 37.4 Å². The van der Waals surface area contributed by atoms with Gasteiger partial charge in [0.2, 0.25) is 11.8 Å². The topological polar surface area (TPSA) is 101 Å². The van der Waals surface area contributed by atoms with Gasteiger partial charge in [-0.05, 0) is 61.1 Å². The van der Waals surface area contributed by atoms with Crippen LogP contribution in [0.1, 0.15) is 57.4 Å². The minimum absolute atomic E-state index is 0.0775. The molecule has 2 aliphatic carbocycles. The lowest BCUT2D eigenvalue weighted by atomic mass is 9.83. The Morgan fingerprint density at radius 1 is 1.20 bits per heavy atom. The van der Waals surface area contributed by atoms with E-state index >= 15 is 0 Å². The summed E-state index contributed by atoms with van der Waals surface area (Å²) in [4.78, 5) is 36.4. The first-order valence-electron chi connectivity index (χ1n) is 10.9. The third-order valence-electron chi connectivity index (χ3n) is 6.40. The van der Waals surface area contributed by atoms with Crippen LogP contribution in [0.4, 0.5) is 10.1 Å². The van der Waals surface area contributed by atoms with Gasteiger partial charge in [0.25, 0.3) is 0 Å². The smallest absolute Gasteiger partial charge is 0.241 e. The third kappa shape index (κ3) is 5.28. The zero-order chi connectivity index (χ0) is 22.0. The maximum Gasteiger partial charge on any atom is 0.241 e. The Morgan fingerprint density at radius 3 is 2.27 bits per heavy atom. The van der Waals surface area contributed by atoms with Crippen LogP contribution < -0.4 is 16.4 Å². The van der Waals surface area contributed by atoms with Gasteiger partial charge in [0.1, 0.15) is 11.5 Å². The number of nitrogens with two attached hydrogens (primary N) is 1. The molecule has 0 radical (unpaired) electrons. The molecule has 6 nitrogen and oxygen atoms in total. The summed E-state index contributed by atoms with van der Waals surface area (Å²) < 4.78 is 14.7. The summed E-state index contributed by atoms with van der Waals surface area (Å²) in [7, 11) is 1.40. The Kier molecular flexibility index (Phi) is 6.96. The number of anilines is 1. The second-order valence-electron chi connectivity index (χ2n) is 8.80. The normalized spacial score (nSPS) is 19.1. The Balaban J connectivity index is 1.68. The molecule has 0 aliphatic heterocycles. The fourth-order valence-corrected chi connectivity index (χ4v) is 4.29. The van der Waals surface area contributed by atoms with Gasteiger partial charge >= 0.3 is 0 Å².